The number of anilines is 3. The number of carbonyl (C=O) groups excluding carboxylic acids is 3. The van der Waals surface area contributed by atoms with Gasteiger partial charge in [0.15, 0.2) is 0 Å². The molecule has 0 aromatic heterocycles. The molecule has 4 rings (SSSR count). The van der Waals surface area contributed by atoms with E-state index in [9.17, 15) is 14.4 Å². The maximum absolute atomic E-state index is 13.6. The Morgan fingerprint density at radius 3 is 2.11 bits per heavy atom. The summed E-state index contributed by atoms with van der Waals surface area (Å²) in [4.78, 5) is 42.5. The van der Waals surface area contributed by atoms with Gasteiger partial charge in [0, 0.05) is 41.6 Å². The summed E-state index contributed by atoms with van der Waals surface area (Å²) in [5.74, 6) is -0.513. The Balaban J connectivity index is 1.49. The zero-order valence-electron chi connectivity index (χ0n) is 26.3. The number of carbonyl (C=O) groups is 3. The van der Waals surface area contributed by atoms with Crippen LogP contribution in [-0.2, 0) is 9.59 Å². The van der Waals surface area contributed by atoms with Crippen LogP contribution in [0.25, 0.3) is 6.08 Å². The highest BCUT2D eigenvalue weighted by Gasteiger charge is 2.20. The monoisotopic (exact) mass is 620 g/mol. The summed E-state index contributed by atoms with van der Waals surface area (Å²) in [6, 6.07) is 31.7. The average Bonchev–Trinajstić information content (AvgIpc) is 3.04. The zero-order chi connectivity index (χ0) is 32.3. The lowest BCUT2D eigenvalue weighted by molar-refractivity contribution is -0.116. The molecule has 1 unspecified atom stereocenters. The smallest absolute Gasteiger partial charge is 0.272 e. The fraction of sp³-hybridized carbons (Fsp3) is 0.216. The number of nitrogens with zero attached hydrogens (tertiary/aromatic N) is 1. The zero-order valence-corrected chi connectivity index (χ0v) is 27.2. The maximum Gasteiger partial charge on any atom is 0.272 e. The number of nitrogens with one attached hydrogen (secondary N) is 3. The summed E-state index contributed by atoms with van der Waals surface area (Å²) in [5.41, 5.74) is 4.85. The van der Waals surface area contributed by atoms with E-state index in [1.165, 1.54) is 17.3 Å². The molecule has 0 bridgehead atoms. The quantitative estimate of drug-likeness (QED) is 0.111. The Morgan fingerprint density at radius 2 is 1.49 bits per heavy atom. The summed E-state index contributed by atoms with van der Waals surface area (Å²) in [6.07, 6.45) is 2.28. The third-order valence-electron chi connectivity index (χ3n) is 7.13. The van der Waals surface area contributed by atoms with Crippen molar-refractivity contribution in [1.82, 2.24) is 5.32 Å². The summed E-state index contributed by atoms with van der Waals surface area (Å²) >= 11 is 1.44. The lowest BCUT2D eigenvalue weighted by Gasteiger charge is -2.16. The van der Waals surface area contributed by atoms with E-state index in [4.69, 9.17) is 0 Å². The van der Waals surface area contributed by atoms with Crippen molar-refractivity contribution in [1.29, 1.82) is 0 Å². The number of thioether (sulfide) groups is 1. The maximum atomic E-state index is 13.6. The lowest BCUT2D eigenvalue weighted by atomic mass is 10.0. The van der Waals surface area contributed by atoms with Gasteiger partial charge in [-0.1, -0.05) is 69.3 Å². The van der Waals surface area contributed by atoms with Gasteiger partial charge in [-0.3, -0.25) is 14.4 Å². The highest BCUT2D eigenvalue weighted by Crippen LogP contribution is 2.29. The van der Waals surface area contributed by atoms with Gasteiger partial charge in [-0.05, 0) is 84.1 Å². The minimum Gasteiger partial charge on any atom is -0.378 e. The Bertz CT molecular complexity index is 1630. The summed E-state index contributed by atoms with van der Waals surface area (Å²) in [7, 11) is 3.91. The molecule has 3 N–H and O–H groups in total. The van der Waals surface area contributed by atoms with Crippen molar-refractivity contribution in [2.75, 3.05) is 29.6 Å². The second-order valence-electron chi connectivity index (χ2n) is 11.1. The first-order valence-electron chi connectivity index (χ1n) is 15.0. The van der Waals surface area contributed by atoms with Crippen LogP contribution in [0.5, 0.6) is 0 Å². The van der Waals surface area contributed by atoms with Crippen LogP contribution < -0.4 is 20.9 Å². The lowest BCUT2D eigenvalue weighted by Crippen LogP contribution is -2.30. The number of hydrogen-bond acceptors (Lipinski definition) is 5. The molecule has 0 radical (unpaired) electrons. The second kappa shape index (κ2) is 15.8. The molecule has 0 saturated heterocycles. The largest absolute Gasteiger partial charge is 0.378 e. The molecule has 0 aliphatic heterocycles. The normalized spacial score (nSPS) is 11.9. The first-order valence-corrected chi connectivity index (χ1v) is 15.8. The van der Waals surface area contributed by atoms with Crippen LogP contribution in [0.3, 0.4) is 0 Å². The summed E-state index contributed by atoms with van der Waals surface area (Å²) in [5, 5.41) is 8.40. The van der Waals surface area contributed by atoms with Gasteiger partial charge in [-0.15, -0.1) is 11.8 Å². The average molecular weight is 621 g/mol. The molecule has 0 fully saturated rings. The second-order valence-corrected chi connectivity index (χ2v) is 12.4. The van der Waals surface area contributed by atoms with Crippen molar-refractivity contribution in [2.45, 2.75) is 43.3 Å². The van der Waals surface area contributed by atoms with Crippen molar-refractivity contribution in [2.24, 2.45) is 0 Å². The molecule has 232 valence electrons. The van der Waals surface area contributed by atoms with Gasteiger partial charge in [0.25, 0.3) is 11.8 Å². The Kier molecular flexibility index (Phi) is 11.6. The van der Waals surface area contributed by atoms with Gasteiger partial charge in [0.2, 0.25) is 5.91 Å². The number of benzene rings is 4. The van der Waals surface area contributed by atoms with E-state index in [1.54, 1.807) is 36.4 Å². The van der Waals surface area contributed by atoms with E-state index in [2.05, 4.69) is 29.8 Å². The van der Waals surface area contributed by atoms with Crippen molar-refractivity contribution in [3.05, 3.63) is 126 Å². The molecule has 4 aromatic carbocycles. The first-order chi connectivity index (χ1) is 21.6. The third-order valence-corrected chi connectivity index (χ3v) is 8.49. The van der Waals surface area contributed by atoms with Gasteiger partial charge in [-0.2, -0.15) is 0 Å². The van der Waals surface area contributed by atoms with Crippen LogP contribution in [0.2, 0.25) is 0 Å². The minimum absolute atomic E-state index is 0.0802. The molecule has 0 saturated carbocycles. The molecule has 3 amide bonds. The molecule has 1 atom stereocenters. The summed E-state index contributed by atoms with van der Waals surface area (Å²) < 4.78 is 0. The van der Waals surface area contributed by atoms with E-state index in [0.717, 1.165) is 21.8 Å². The van der Waals surface area contributed by atoms with E-state index in [1.807, 2.05) is 98.7 Å². The van der Waals surface area contributed by atoms with Crippen LogP contribution in [0, 0.1) is 0 Å². The molecule has 7 nitrogen and oxygen atoms in total. The van der Waals surface area contributed by atoms with Crippen molar-refractivity contribution in [3.8, 4) is 0 Å². The van der Waals surface area contributed by atoms with Crippen LogP contribution in [-0.4, -0.2) is 37.1 Å². The fourth-order valence-corrected chi connectivity index (χ4v) is 5.50. The highest BCUT2D eigenvalue weighted by atomic mass is 32.2. The van der Waals surface area contributed by atoms with Gasteiger partial charge in [0.1, 0.15) is 5.70 Å². The molecule has 4 aromatic rings. The van der Waals surface area contributed by atoms with E-state index in [0.29, 0.717) is 23.6 Å². The minimum atomic E-state index is -0.465. The van der Waals surface area contributed by atoms with Gasteiger partial charge in [-0.25, -0.2) is 0 Å². The van der Waals surface area contributed by atoms with Crippen molar-refractivity contribution < 1.29 is 14.4 Å². The van der Waals surface area contributed by atoms with Crippen LogP contribution >= 0.6 is 11.8 Å². The van der Waals surface area contributed by atoms with E-state index in [-0.39, 0.29) is 22.8 Å². The van der Waals surface area contributed by atoms with Crippen LogP contribution in [0.15, 0.2) is 114 Å². The number of amides is 3. The molecule has 0 aliphatic rings. The molecular weight excluding hydrogens is 580 g/mol. The fourth-order valence-electron chi connectivity index (χ4n) is 4.48. The predicted molar refractivity (Wildman–Crippen MR) is 187 cm³/mol. The first kappa shape index (κ1) is 33.1. The molecule has 45 heavy (non-hydrogen) atoms. The molecule has 0 aliphatic carbocycles. The van der Waals surface area contributed by atoms with Crippen molar-refractivity contribution in [3.63, 3.8) is 0 Å². The molecule has 8 heteroatoms. The standard InChI is InChI=1S/C37H40N4O3S/c1-6-34(37(44)38-29-19-17-27(18-20-29)25(2)3)45-32-14-10-13-30(24-32)39-36(43)33(40-35(42)28-11-8-7-9-12-28)23-26-15-21-31(22-16-26)41(4)5/h7-25,34H,6H2,1-5H3,(H,38,44)(H,39,43)(H,40,42)/b33-23+. The summed E-state index contributed by atoms with van der Waals surface area (Å²) in [6.45, 7) is 6.24. The topological polar surface area (TPSA) is 90.5 Å². The van der Waals surface area contributed by atoms with Gasteiger partial charge >= 0.3 is 0 Å². The van der Waals surface area contributed by atoms with Crippen molar-refractivity contribution >= 4 is 52.6 Å². The molecular formula is C37H40N4O3S. The van der Waals surface area contributed by atoms with Gasteiger partial charge < -0.3 is 20.9 Å². The number of hydrogen-bond donors (Lipinski definition) is 3. The SMILES string of the molecule is CCC(Sc1cccc(NC(=O)/C(=C\c2ccc(N(C)C)cc2)NC(=O)c2ccccc2)c1)C(=O)Nc1ccc(C(C)C)cc1. The Labute approximate surface area is 270 Å². The third kappa shape index (κ3) is 9.58. The molecule has 0 heterocycles. The van der Waals surface area contributed by atoms with E-state index < -0.39 is 5.91 Å². The number of rotatable bonds is 12. The van der Waals surface area contributed by atoms with Gasteiger partial charge in [0.05, 0.1) is 5.25 Å². The van der Waals surface area contributed by atoms with Crippen LogP contribution in [0.4, 0.5) is 17.1 Å². The Hall–Kier alpha value is -4.82. The highest BCUT2D eigenvalue weighted by molar-refractivity contribution is 8.00. The Morgan fingerprint density at radius 1 is 0.800 bits per heavy atom. The van der Waals surface area contributed by atoms with Crippen LogP contribution in [0.1, 0.15) is 54.6 Å². The van der Waals surface area contributed by atoms with E-state index >= 15 is 0 Å². The molecule has 0 spiro atoms. The predicted octanol–water partition coefficient (Wildman–Crippen LogP) is 7.80.